The number of anilines is 4. The van der Waals surface area contributed by atoms with E-state index in [0.717, 1.165) is 38.8 Å². The molecule has 1 aliphatic rings. The highest BCUT2D eigenvalue weighted by atomic mass is 35.5. The van der Waals surface area contributed by atoms with Crippen molar-refractivity contribution in [3.05, 3.63) is 71.0 Å². The van der Waals surface area contributed by atoms with Gasteiger partial charge in [-0.2, -0.15) is 13.2 Å². The molecule has 3 N–H and O–H groups in total. The molecule has 1 saturated heterocycles. The van der Waals surface area contributed by atoms with E-state index in [0.29, 0.717) is 5.82 Å². The second-order valence-corrected chi connectivity index (χ2v) is 7.93. The van der Waals surface area contributed by atoms with Crippen molar-refractivity contribution in [2.75, 3.05) is 42.1 Å². The average molecular weight is 463 g/mol. The summed E-state index contributed by atoms with van der Waals surface area (Å²) < 4.78 is 39.4. The monoisotopic (exact) mass is 462 g/mol. The number of halogens is 4. The van der Waals surface area contributed by atoms with Crippen molar-refractivity contribution in [1.82, 2.24) is 14.9 Å². The number of nitrogen functional groups attached to an aromatic ring is 1. The molecule has 0 spiro atoms. The molecule has 1 aromatic heterocycles. The molecule has 0 atom stereocenters. The summed E-state index contributed by atoms with van der Waals surface area (Å²) in [6.07, 6.45) is -3.21. The van der Waals surface area contributed by atoms with Gasteiger partial charge in [-0.15, -0.1) is 0 Å². The Kier molecular flexibility index (Phi) is 6.38. The van der Waals surface area contributed by atoms with Gasteiger partial charge >= 0.3 is 6.18 Å². The lowest BCUT2D eigenvalue weighted by Crippen LogP contribution is -2.46. The van der Waals surface area contributed by atoms with Crippen LogP contribution in [0.25, 0.3) is 0 Å². The molecular weight excluding hydrogens is 441 g/mol. The molecular formula is C22H22ClF3N6. The third kappa shape index (κ3) is 5.05. The summed E-state index contributed by atoms with van der Waals surface area (Å²) in [5.41, 5.74) is 7.09. The van der Waals surface area contributed by atoms with Gasteiger partial charge < -0.3 is 16.0 Å². The van der Waals surface area contributed by atoms with Gasteiger partial charge in [-0.3, -0.25) is 4.90 Å². The number of piperazine rings is 1. The summed E-state index contributed by atoms with van der Waals surface area (Å²) in [5.74, 6) is 0.809. The Hall–Kier alpha value is -3.04. The Labute approximate surface area is 188 Å². The van der Waals surface area contributed by atoms with E-state index in [-0.39, 0.29) is 22.2 Å². The number of hydrogen-bond donors (Lipinski definition) is 2. The van der Waals surface area contributed by atoms with Gasteiger partial charge in [0, 0.05) is 38.4 Å². The lowest BCUT2D eigenvalue weighted by Gasteiger charge is -2.36. The smallest absolute Gasteiger partial charge is 0.393 e. The number of rotatable bonds is 5. The van der Waals surface area contributed by atoms with E-state index in [1.165, 1.54) is 24.0 Å². The molecule has 0 amide bonds. The number of aromatic nitrogens is 2. The summed E-state index contributed by atoms with van der Waals surface area (Å²) >= 11 is 5.70. The molecule has 10 heteroatoms. The van der Waals surface area contributed by atoms with E-state index in [1.807, 2.05) is 18.2 Å². The van der Waals surface area contributed by atoms with Gasteiger partial charge in [0.05, 0.1) is 10.6 Å². The van der Waals surface area contributed by atoms with Gasteiger partial charge in [0.2, 0.25) is 0 Å². The van der Waals surface area contributed by atoms with E-state index in [2.05, 4.69) is 37.2 Å². The predicted octanol–water partition coefficient (Wildman–Crippen LogP) is 4.80. The van der Waals surface area contributed by atoms with Crippen LogP contribution >= 0.6 is 11.6 Å². The SMILES string of the molecule is Nc1c(Nc2ccc(Cl)c(C(F)(F)F)c2)ncnc1N1CCN(Cc2ccccc2)CC1. The fourth-order valence-corrected chi connectivity index (χ4v) is 3.88. The highest BCUT2D eigenvalue weighted by molar-refractivity contribution is 6.31. The second kappa shape index (κ2) is 9.22. The minimum Gasteiger partial charge on any atom is -0.393 e. The molecule has 0 bridgehead atoms. The molecule has 0 saturated carbocycles. The summed E-state index contributed by atoms with van der Waals surface area (Å²) in [7, 11) is 0. The van der Waals surface area contributed by atoms with E-state index in [4.69, 9.17) is 17.3 Å². The molecule has 168 valence electrons. The standard InChI is InChI=1S/C22H22ClF3N6/c23-18-7-6-16(12-17(18)22(24,25)26)30-20-19(27)21(29-14-28-20)32-10-8-31(9-11-32)13-15-4-2-1-3-5-15/h1-7,12,14H,8-11,13,27H2,(H,28,29,30). The predicted molar refractivity (Wildman–Crippen MR) is 120 cm³/mol. The number of nitrogens with zero attached hydrogens (tertiary/aromatic N) is 4. The highest BCUT2D eigenvalue weighted by Crippen LogP contribution is 2.37. The topological polar surface area (TPSA) is 70.3 Å². The maximum atomic E-state index is 13.1. The molecule has 1 fully saturated rings. The number of nitrogens with two attached hydrogens (primary N) is 1. The van der Waals surface area contributed by atoms with Gasteiger partial charge in [0.1, 0.15) is 12.0 Å². The fourth-order valence-electron chi connectivity index (χ4n) is 3.65. The molecule has 0 unspecified atom stereocenters. The van der Waals surface area contributed by atoms with Gasteiger partial charge in [-0.25, -0.2) is 9.97 Å². The molecule has 32 heavy (non-hydrogen) atoms. The summed E-state index contributed by atoms with van der Waals surface area (Å²) in [4.78, 5) is 12.8. The molecule has 1 aliphatic heterocycles. The summed E-state index contributed by atoms with van der Waals surface area (Å²) in [6.45, 7) is 4.01. The van der Waals surface area contributed by atoms with Gasteiger partial charge in [-0.1, -0.05) is 41.9 Å². The van der Waals surface area contributed by atoms with Crippen LogP contribution in [0.2, 0.25) is 5.02 Å². The molecule has 6 nitrogen and oxygen atoms in total. The first-order valence-corrected chi connectivity index (χ1v) is 10.4. The number of nitrogens with one attached hydrogen (secondary N) is 1. The van der Waals surface area contributed by atoms with Crippen molar-refractivity contribution >= 4 is 34.6 Å². The molecule has 2 aromatic carbocycles. The Balaban J connectivity index is 1.46. The van der Waals surface area contributed by atoms with Crippen molar-refractivity contribution in [1.29, 1.82) is 0 Å². The zero-order chi connectivity index (χ0) is 22.7. The van der Waals surface area contributed by atoms with Crippen molar-refractivity contribution in [2.24, 2.45) is 0 Å². The quantitative estimate of drug-likeness (QED) is 0.567. The van der Waals surface area contributed by atoms with Crippen LogP contribution < -0.4 is 16.0 Å². The summed E-state index contributed by atoms with van der Waals surface area (Å²) in [5, 5.41) is 2.49. The zero-order valence-corrected chi connectivity index (χ0v) is 17.9. The van der Waals surface area contributed by atoms with Gasteiger partial charge in [0.25, 0.3) is 0 Å². The number of hydrogen-bond acceptors (Lipinski definition) is 6. The van der Waals surface area contributed by atoms with Crippen molar-refractivity contribution < 1.29 is 13.2 Å². The summed E-state index contributed by atoms with van der Waals surface area (Å²) in [6, 6.07) is 13.8. The minimum atomic E-state index is -4.56. The first-order chi connectivity index (χ1) is 15.3. The van der Waals surface area contributed by atoms with E-state index < -0.39 is 11.7 Å². The Morgan fingerprint density at radius 1 is 1.00 bits per heavy atom. The van der Waals surface area contributed by atoms with Crippen LogP contribution in [0.1, 0.15) is 11.1 Å². The molecule has 4 rings (SSSR count). The fraction of sp³-hybridized carbons (Fsp3) is 0.273. The van der Waals surface area contributed by atoms with Crippen LogP contribution in [0.15, 0.2) is 54.9 Å². The Bertz CT molecular complexity index is 1070. The second-order valence-electron chi connectivity index (χ2n) is 7.53. The maximum Gasteiger partial charge on any atom is 0.417 e. The number of benzene rings is 2. The average Bonchev–Trinajstić information content (AvgIpc) is 2.77. The zero-order valence-electron chi connectivity index (χ0n) is 17.1. The first kappa shape index (κ1) is 22.2. The van der Waals surface area contributed by atoms with Crippen molar-refractivity contribution in [2.45, 2.75) is 12.7 Å². The molecule has 2 heterocycles. The van der Waals surface area contributed by atoms with Crippen LogP contribution in [-0.2, 0) is 12.7 Å². The normalized spacial score (nSPS) is 15.1. The van der Waals surface area contributed by atoms with Crippen molar-refractivity contribution in [3.8, 4) is 0 Å². The van der Waals surface area contributed by atoms with Crippen LogP contribution in [0.5, 0.6) is 0 Å². The third-order valence-electron chi connectivity index (χ3n) is 5.32. The van der Waals surface area contributed by atoms with Gasteiger partial charge in [0.15, 0.2) is 11.6 Å². The van der Waals surface area contributed by atoms with Crippen LogP contribution in [0, 0.1) is 0 Å². The van der Waals surface area contributed by atoms with Crippen LogP contribution in [0.3, 0.4) is 0 Å². The van der Waals surface area contributed by atoms with E-state index in [9.17, 15) is 13.2 Å². The highest BCUT2D eigenvalue weighted by Gasteiger charge is 2.33. The van der Waals surface area contributed by atoms with Gasteiger partial charge in [-0.05, 0) is 23.8 Å². The van der Waals surface area contributed by atoms with Crippen LogP contribution in [-0.4, -0.2) is 41.0 Å². The Morgan fingerprint density at radius 2 is 1.72 bits per heavy atom. The third-order valence-corrected chi connectivity index (χ3v) is 5.65. The van der Waals surface area contributed by atoms with Crippen LogP contribution in [0.4, 0.5) is 36.2 Å². The largest absolute Gasteiger partial charge is 0.417 e. The lowest BCUT2D eigenvalue weighted by molar-refractivity contribution is -0.137. The molecule has 3 aromatic rings. The number of alkyl halides is 3. The van der Waals surface area contributed by atoms with E-state index >= 15 is 0 Å². The lowest BCUT2D eigenvalue weighted by atomic mass is 10.2. The van der Waals surface area contributed by atoms with E-state index in [1.54, 1.807) is 0 Å². The van der Waals surface area contributed by atoms with Crippen molar-refractivity contribution in [3.63, 3.8) is 0 Å². The first-order valence-electron chi connectivity index (χ1n) is 10.1. The molecule has 0 radical (unpaired) electrons. The Morgan fingerprint density at radius 3 is 2.41 bits per heavy atom. The molecule has 0 aliphatic carbocycles. The maximum absolute atomic E-state index is 13.1. The minimum absolute atomic E-state index is 0.186.